The van der Waals surface area contributed by atoms with Gasteiger partial charge in [0.2, 0.25) is 5.91 Å². The predicted molar refractivity (Wildman–Crippen MR) is 67.8 cm³/mol. The molecule has 1 aliphatic rings. The molecule has 6 nitrogen and oxygen atoms in total. The number of anilines is 1. The van der Waals surface area contributed by atoms with E-state index in [1.807, 2.05) is 0 Å². The second kappa shape index (κ2) is 5.22. The highest BCUT2D eigenvalue weighted by Gasteiger charge is 2.22. The summed E-state index contributed by atoms with van der Waals surface area (Å²) < 4.78 is 0. The Kier molecular flexibility index (Phi) is 3.66. The minimum atomic E-state index is -0.518. The lowest BCUT2D eigenvalue weighted by Crippen LogP contribution is -2.31. The number of benzene rings is 1. The molecule has 7 heteroatoms. The number of non-ortho nitro benzene ring substituents is 1. The molecule has 0 unspecified atom stereocenters. The Morgan fingerprint density at radius 2 is 2.22 bits per heavy atom. The molecular weight excluding hydrogens is 258 g/mol. The summed E-state index contributed by atoms with van der Waals surface area (Å²) in [6.07, 6.45) is 2.06. The van der Waals surface area contributed by atoms with Crippen LogP contribution in [0, 0.1) is 10.1 Å². The quantitative estimate of drug-likeness (QED) is 0.632. The maximum Gasteiger partial charge on any atom is 0.271 e. The lowest BCUT2D eigenvalue weighted by Gasteiger charge is -2.08. The van der Waals surface area contributed by atoms with Crippen LogP contribution in [0.4, 0.5) is 11.4 Å². The van der Waals surface area contributed by atoms with Crippen LogP contribution in [0.2, 0.25) is 5.02 Å². The Morgan fingerprint density at radius 1 is 1.50 bits per heavy atom. The van der Waals surface area contributed by atoms with Gasteiger partial charge in [-0.3, -0.25) is 14.9 Å². The molecule has 0 saturated heterocycles. The first-order chi connectivity index (χ1) is 8.56. The molecular formula is C11H12ClN3O3. The molecule has 0 heterocycles. The molecule has 96 valence electrons. The van der Waals surface area contributed by atoms with Crippen molar-refractivity contribution in [3.05, 3.63) is 33.3 Å². The van der Waals surface area contributed by atoms with Crippen molar-refractivity contribution in [1.82, 2.24) is 5.32 Å². The summed E-state index contributed by atoms with van der Waals surface area (Å²) in [4.78, 5) is 21.4. The van der Waals surface area contributed by atoms with E-state index in [0.717, 1.165) is 12.8 Å². The van der Waals surface area contributed by atoms with Crippen LogP contribution in [-0.4, -0.2) is 23.4 Å². The van der Waals surface area contributed by atoms with Crippen molar-refractivity contribution in [2.24, 2.45) is 0 Å². The maximum atomic E-state index is 11.4. The topological polar surface area (TPSA) is 84.3 Å². The Morgan fingerprint density at radius 3 is 2.78 bits per heavy atom. The number of hydrogen-bond acceptors (Lipinski definition) is 4. The SMILES string of the molecule is O=C(CNc1ccc([N+](=O)[O-])cc1Cl)NC1CC1. The highest BCUT2D eigenvalue weighted by molar-refractivity contribution is 6.33. The molecule has 1 fully saturated rings. The first-order valence-corrected chi connectivity index (χ1v) is 5.91. The van der Waals surface area contributed by atoms with E-state index in [0.29, 0.717) is 11.7 Å². The van der Waals surface area contributed by atoms with Gasteiger partial charge in [0.05, 0.1) is 22.2 Å². The minimum Gasteiger partial charge on any atom is -0.375 e. The second-order valence-corrected chi connectivity index (χ2v) is 4.52. The van der Waals surface area contributed by atoms with Gasteiger partial charge in [-0.25, -0.2) is 0 Å². The van der Waals surface area contributed by atoms with E-state index in [9.17, 15) is 14.9 Å². The van der Waals surface area contributed by atoms with Gasteiger partial charge in [-0.2, -0.15) is 0 Å². The molecule has 0 radical (unpaired) electrons. The van der Waals surface area contributed by atoms with Crippen molar-refractivity contribution in [3.63, 3.8) is 0 Å². The van der Waals surface area contributed by atoms with Crippen LogP contribution in [0.3, 0.4) is 0 Å². The number of nitro groups is 1. The van der Waals surface area contributed by atoms with Crippen LogP contribution in [-0.2, 0) is 4.79 Å². The molecule has 1 aromatic carbocycles. The lowest BCUT2D eigenvalue weighted by molar-refractivity contribution is -0.384. The van der Waals surface area contributed by atoms with E-state index >= 15 is 0 Å². The van der Waals surface area contributed by atoms with Crippen molar-refractivity contribution in [3.8, 4) is 0 Å². The molecule has 18 heavy (non-hydrogen) atoms. The van der Waals surface area contributed by atoms with Crippen molar-refractivity contribution in [2.75, 3.05) is 11.9 Å². The second-order valence-electron chi connectivity index (χ2n) is 4.12. The van der Waals surface area contributed by atoms with E-state index in [1.165, 1.54) is 18.2 Å². The first-order valence-electron chi connectivity index (χ1n) is 5.53. The monoisotopic (exact) mass is 269 g/mol. The Labute approximate surface area is 108 Å². The summed E-state index contributed by atoms with van der Waals surface area (Å²) in [6, 6.07) is 4.40. The van der Waals surface area contributed by atoms with E-state index in [2.05, 4.69) is 10.6 Å². The predicted octanol–water partition coefficient (Wildman–Crippen LogP) is 1.94. The van der Waals surface area contributed by atoms with Gasteiger partial charge in [0.1, 0.15) is 0 Å². The molecule has 1 amide bonds. The zero-order valence-corrected chi connectivity index (χ0v) is 10.2. The summed E-state index contributed by atoms with van der Waals surface area (Å²) in [5.41, 5.74) is 0.432. The minimum absolute atomic E-state index is 0.0759. The average Bonchev–Trinajstić information content (AvgIpc) is 3.11. The molecule has 0 aromatic heterocycles. The normalized spacial score (nSPS) is 14.1. The van der Waals surface area contributed by atoms with E-state index in [-0.39, 0.29) is 23.2 Å². The fourth-order valence-electron chi connectivity index (χ4n) is 1.44. The molecule has 0 aliphatic heterocycles. The molecule has 1 aromatic rings. The van der Waals surface area contributed by atoms with Crippen molar-refractivity contribution < 1.29 is 9.72 Å². The number of carbonyl (C=O) groups is 1. The van der Waals surface area contributed by atoms with Crippen LogP contribution in [0.15, 0.2) is 18.2 Å². The molecule has 1 saturated carbocycles. The number of amides is 1. The average molecular weight is 270 g/mol. The largest absolute Gasteiger partial charge is 0.375 e. The number of halogens is 1. The van der Waals surface area contributed by atoms with Gasteiger partial charge in [-0.05, 0) is 18.9 Å². The van der Waals surface area contributed by atoms with Gasteiger partial charge in [0.25, 0.3) is 5.69 Å². The van der Waals surface area contributed by atoms with E-state index in [4.69, 9.17) is 11.6 Å². The summed E-state index contributed by atoms with van der Waals surface area (Å²) in [5.74, 6) is -0.105. The van der Waals surface area contributed by atoms with Crippen molar-refractivity contribution in [1.29, 1.82) is 0 Å². The number of hydrogen-bond donors (Lipinski definition) is 2. The number of nitro benzene ring substituents is 1. The Hall–Kier alpha value is -1.82. The molecule has 2 N–H and O–H groups in total. The number of nitrogens with zero attached hydrogens (tertiary/aromatic N) is 1. The molecule has 2 rings (SSSR count). The Bertz CT molecular complexity index is 488. The number of carbonyl (C=O) groups excluding carboxylic acids is 1. The van der Waals surface area contributed by atoms with Crippen LogP contribution in [0.5, 0.6) is 0 Å². The van der Waals surface area contributed by atoms with Gasteiger partial charge in [-0.1, -0.05) is 11.6 Å². The first kappa shape index (κ1) is 12.6. The fraction of sp³-hybridized carbons (Fsp3) is 0.364. The highest BCUT2D eigenvalue weighted by Crippen LogP contribution is 2.26. The van der Waals surface area contributed by atoms with Gasteiger partial charge >= 0.3 is 0 Å². The highest BCUT2D eigenvalue weighted by atomic mass is 35.5. The standard InChI is InChI=1S/C11H12ClN3O3/c12-9-5-8(15(17)18)3-4-10(9)13-6-11(16)14-7-1-2-7/h3-5,7,13H,1-2,6H2,(H,14,16). The number of rotatable bonds is 5. The molecule has 1 aliphatic carbocycles. The lowest BCUT2D eigenvalue weighted by atomic mass is 10.3. The molecule has 0 bridgehead atoms. The smallest absolute Gasteiger partial charge is 0.271 e. The third-order valence-corrected chi connectivity index (χ3v) is 2.86. The van der Waals surface area contributed by atoms with Gasteiger partial charge in [0, 0.05) is 18.2 Å². The van der Waals surface area contributed by atoms with Gasteiger partial charge in [0.15, 0.2) is 0 Å². The number of nitrogens with one attached hydrogen (secondary N) is 2. The Balaban J connectivity index is 1.92. The van der Waals surface area contributed by atoms with Crippen LogP contribution in [0.25, 0.3) is 0 Å². The summed E-state index contributed by atoms with van der Waals surface area (Å²) in [5, 5.41) is 16.4. The van der Waals surface area contributed by atoms with Crippen LogP contribution in [0.1, 0.15) is 12.8 Å². The van der Waals surface area contributed by atoms with Crippen molar-refractivity contribution >= 4 is 28.9 Å². The zero-order chi connectivity index (χ0) is 13.1. The third kappa shape index (κ3) is 3.33. The third-order valence-electron chi connectivity index (χ3n) is 2.55. The van der Waals surface area contributed by atoms with Crippen LogP contribution < -0.4 is 10.6 Å². The summed E-state index contributed by atoms with van der Waals surface area (Å²) >= 11 is 5.88. The summed E-state index contributed by atoms with van der Waals surface area (Å²) in [6.45, 7) is 0.105. The molecule has 0 spiro atoms. The van der Waals surface area contributed by atoms with Crippen LogP contribution >= 0.6 is 11.6 Å². The fourth-order valence-corrected chi connectivity index (χ4v) is 1.68. The van der Waals surface area contributed by atoms with Crippen molar-refractivity contribution in [2.45, 2.75) is 18.9 Å². The van der Waals surface area contributed by atoms with Gasteiger partial charge < -0.3 is 10.6 Å². The van der Waals surface area contributed by atoms with E-state index < -0.39 is 4.92 Å². The maximum absolute atomic E-state index is 11.4. The zero-order valence-electron chi connectivity index (χ0n) is 9.48. The molecule has 0 atom stereocenters. The van der Waals surface area contributed by atoms with E-state index in [1.54, 1.807) is 0 Å². The van der Waals surface area contributed by atoms with Gasteiger partial charge in [-0.15, -0.1) is 0 Å². The summed E-state index contributed by atoms with van der Waals surface area (Å²) in [7, 11) is 0.